The van der Waals surface area contributed by atoms with Crippen molar-refractivity contribution >= 4 is 5.91 Å². The topological polar surface area (TPSA) is 72.7 Å². The molecule has 26 heavy (non-hydrogen) atoms. The molecular weight excluding hydrogens is 326 g/mol. The van der Waals surface area contributed by atoms with E-state index < -0.39 is 0 Å². The molecule has 6 heteroatoms. The Morgan fingerprint density at radius 3 is 2.38 bits per heavy atom. The van der Waals surface area contributed by atoms with Crippen molar-refractivity contribution in [1.29, 1.82) is 0 Å². The second-order valence-electron chi connectivity index (χ2n) is 6.40. The fraction of sp³-hybridized carbons (Fsp3) is 0.300. The van der Waals surface area contributed by atoms with Crippen molar-refractivity contribution in [3.05, 3.63) is 65.1 Å². The molecule has 1 amide bonds. The van der Waals surface area contributed by atoms with Crippen LogP contribution in [0.1, 0.15) is 33.9 Å². The summed E-state index contributed by atoms with van der Waals surface area (Å²) in [5.41, 5.74) is 5.42. The number of carbonyl (C=O) groups is 1. The molecule has 0 atom stereocenters. The van der Waals surface area contributed by atoms with E-state index >= 15 is 0 Å². The van der Waals surface area contributed by atoms with Gasteiger partial charge in [0.2, 0.25) is 0 Å². The Hall–Kier alpha value is -3.02. The molecule has 0 fully saturated rings. The van der Waals surface area contributed by atoms with Gasteiger partial charge in [0.25, 0.3) is 5.91 Å². The van der Waals surface area contributed by atoms with Gasteiger partial charge in [0, 0.05) is 29.9 Å². The normalized spacial score (nSPS) is 10.7. The first kappa shape index (κ1) is 17.8. The maximum atomic E-state index is 12.3. The van der Waals surface area contributed by atoms with Gasteiger partial charge in [-0.1, -0.05) is 12.1 Å². The maximum Gasteiger partial charge on any atom is 0.251 e. The summed E-state index contributed by atoms with van der Waals surface area (Å²) in [5, 5.41) is 15.6. The largest absolute Gasteiger partial charge is 0.352 e. The third kappa shape index (κ3) is 4.33. The highest BCUT2D eigenvalue weighted by Gasteiger charge is 2.07. The van der Waals surface area contributed by atoms with Crippen molar-refractivity contribution in [2.45, 2.75) is 33.7 Å². The van der Waals surface area contributed by atoms with Gasteiger partial charge in [0.15, 0.2) is 0 Å². The summed E-state index contributed by atoms with van der Waals surface area (Å²) in [7, 11) is 0. The first-order valence-electron chi connectivity index (χ1n) is 8.73. The lowest BCUT2D eigenvalue weighted by Gasteiger charge is -2.07. The van der Waals surface area contributed by atoms with Crippen LogP contribution in [0.3, 0.4) is 0 Å². The average molecular weight is 349 g/mol. The number of amides is 1. The summed E-state index contributed by atoms with van der Waals surface area (Å²) in [6.45, 7) is 7.34. The smallest absolute Gasteiger partial charge is 0.251 e. The van der Waals surface area contributed by atoms with E-state index in [-0.39, 0.29) is 5.91 Å². The second-order valence-corrected chi connectivity index (χ2v) is 6.40. The first-order chi connectivity index (χ1) is 12.5. The van der Waals surface area contributed by atoms with E-state index in [9.17, 15) is 4.79 Å². The molecule has 0 unspecified atom stereocenters. The standard InChI is InChI=1S/C20H23N5O/c1-14-5-10-19(23-22-14)17-6-8-18(9-7-17)20(26)21-11-4-12-25-16(3)13-15(2)24-25/h5-10,13H,4,11-12H2,1-3H3,(H,21,26). The van der Waals surface area contributed by atoms with Crippen LogP contribution in [-0.2, 0) is 6.54 Å². The predicted octanol–water partition coefficient (Wildman–Crippen LogP) is 3.09. The number of nitrogens with zero attached hydrogens (tertiary/aromatic N) is 4. The number of rotatable bonds is 6. The zero-order valence-corrected chi connectivity index (χ0v) is 15.4. The third-order valence-electron chi connectivity index (χ3n) is 4.18. The summed E-state index contributed by atoms with van der Waals surface area (Å²) in [4.78, 5) is 12.3. The Kier molecular flexibility index (Phi) is 5.41. The number of hydrogen-bond donors (Lipinski definition) is 1. The Balaban J connectivity index is 1.51. The van der Waals surface area contributed by atoms with Crippen molar-refractivity contribution in [2.75, 3.05) is 6.54 Å². The number of aryl methyl sites for hydroxylation is 4. The number of carbonyl (C=O) groups excluding carboxylic acids is 1. The number of hydrogen-bond acceptors (Lipinski definition) is 4. The summed E-state index contributed by atoms with van der Waals surface area (Å²) in [5.74, 6) is -0.0695. The molecule has 0 spiro atoms. The molecule has 2 aromatic heterocycles. The van der Waals surface area contributed by atoms with Crippen molar-refractivity contribution in [2.24, 2.45) is 0 Å². The minimum absolute atomic E-state index is 0.0695. The highest BCUT2D eigenvalue weighted by atomic mass is 16.1. The molecule has 6 nitrogen and oxygen atoms in total. The highest BCUT2D eigenvalue weighted by Crippen LogP contribution is 2.16. The molecule has 3 aromatic rings. The Labute approximate surface area is 153 Å². The molecule has 0 saturated carbocycles. The Morgan fingerprint density at radius 1 is 1.00 bits per heavy atom. The molecule has 0 saturated heterocycles. The van der Waals surface area contributed by atoms with Crippen LogP contribution in [0.2, 0.25) is 0 Å². The van der Waals surface area contributed by atoms with Gasteiger partial charge in [-0.15, -0.1) is 0 Å². The molecule has 0 aliphatic carbocycles. The van der Waals surface area contributed by atoms with E-state index in [0.717, 1.165) is 41.3 Å². The molecule has 1 N–H and O–H groups in total. The fourth-order valence-corrected chi connectivity index (χ4v) is 2.78. The van der Waals surface area contributed by atoms with Crippen molar-refractivity contribution in [1.82, 2.24) is 25.3 Å². The van der Waals surface area contributed by atoms with E-state index in [4.69, 9.17) is 0 Å². The predicted molar refractivity (Wildman–Crippen MR) is 101 cm³/mol. The quantitative estimate of drug-likeness (QED) is 0.694. The van der Waals surface area contributed by atoms with Crippen molar-refractivity contribution in [3.8, 4) is 11.3 Å². The Morgan fingerprint density at radius 2 is 1.77 bits per heavy atom. The van der Waals surface area contributed by atoms with Gasteiger partial charge < -0.3 is 5.32 Å². The van der Waals surface area contributed by atoms with Gasteiger partial charge in [0.1, 0.15) is 0 Å². The molecule has 1 aromatic carbocycles. The SMILES string of the molecule is Cc1ccc(-c2ccc(C(=O)NCCCn3nc(C)cc3C)cc2)nn1. The van der Waals surface area contributed by atoms with Crippen LogP contribution in [0.4, 0.5) is 0 Å². The van der Waals surface area contributed by atoms with Crippen LogP contribution in [-0.4, -0.2) is 32.4 Å². The lowest BCUT2D eigenvalue weighted by Crippen LogP contribution is -2.25. The zero-order valence-electron chi connectivity index (χ0n) is 15.4. The minimum Gasteiger partial charge on any atom is -0.352 e. The Bertz CT molecular complexity index is 882. The molecule has 3 rings (SSSR count). The molecule has 0 bridgehead atoms. The van der Waals surface area contributed by atoms with E-state index in [0.29, 0.717) is 12.1 Å². The monoisotopic (exact) mass is 349 g/mol. The van der Waals surface area contributed by atoms with Gasteiger partial charge in [-0.25, -0.2) is 0 Å². The van der Waals surface area contributed by atoms with E-state index in [1.54, 1.807) is 0 Å². The van der Waals surface area contributed by atoms with Crippen LogP contribution in [0.25, 0.3) is 11.3 Å². The molecule has 0 radical (unpaired) electrons. The molecule has 2 heterocycles. The van der Waals surface area contributed by atoms with Gasteiger partial charge in [-0.05, 0) is 57.5 Å². The van der Waals surface area contributed by atoms with E-state index in [2.05, 4.69) is 26.7 Å². The maximum absolute atomic E-state index is 12.3. The zero-order chi connectivity index (χ0) is 18.5. The number of benzene rings is 1. The van der Waals surface area contributed by atoms with Gasteiger partial charge in [-0.3, -0.25) is 9.48 Å². The first-order valence-corrected chi connectivity index (χ1v) is 8.73. The summed E-state index contributed by atoms with van der Waals surface area (Å²) < 4.78 is 1.97. The molecular formula is C20H23N5O. The van der Waals surface area contributed by atoms with Crippen molar-refractivity contribution in [3.63, 3.8) is 0 Å². The van der Waals surface area contributed by atoms with Crippen LogP contribution in [0.5, 0.6) is 0 Å². The van der Waals surface area contributed by atoms with Crippen LogP contribution in [0, 0.1) is 20.8 Å². The number of aromatic nitrogens is 4. The second kappa shape index (κ2) is 7.91. The lowest BCUT2D eigenvalue weighted by molar-refractivity contribution is 0.0952. The van der Waals surface area contributed by atoms with Crippen LogP contribution < -0.4 is 5.32 Å². The molecule has 0 aliphatic heterocycles. The summed E-state index contributed by atoms with van der Waals surface area (Å²) in [6, 6.07) is 13.3. The average Bonchev–Trinajstić information content (AvgIpc) is 2.96. The minimum atomic E-state index is -0.0695. The fourth-order valence-electron chi connectivity index (χ4n) is 2.78. The number of nitrogens with one attached hydrogen (secondary N) is 1. The van der Waals surface area contributed by atoms with Gasteiger partial charge in [0.05, 0.1) is 17.1 Å². The van der Waals surface area contributed by atoms with Gasteiger partial charge >= 0.3 is 0 Å². The van der Waals surface area contributed by atoms with Crippen molar-refractivity contribution < 1.29 is 4.79 Å². The van der Waals surface area contributed by atoms with E-state index in [1.807, 2.05) is 61.9 Å². The highest BCUT2D eigenvalue weighted by molar-refractivity contribution is 5.94. The molecule has 0 aliphatic rings. The van der Waals surface area contributed by atoms with Crippen LogP contribution in [0.15, 0.2) is 42.5 Å². The lowest BCUT2D eigenvalue weighted by atomic mass is 10.1. The van der Waals surface area contributed by atoms with E-state index in [1.165, 1.54) is 0 Å². The summed E-state index contributed by atoms with van der Waals surface area (Å²) in [6.07, 6.45) is 0.838. The van der Waals surface area contributed by atoms with Crippen LogP contribution >= 0.6 is 0 Å². The van der Waals surface area contributed by atoms with Gasteiger partial charge in [-0.2, -0.15) is 15.3 Å². The summed E-state index contributed by atoms with van der Waals surface area (Å²) >= 11 is 0. The molecule has 134 valence electrons. The third-order valence-corrected chi connectivity index (χ3v) is 4.18.